The van der Waals surface area contributed by atoms with E-state index in [4.69, 9.17) is 5.26 Å². The number of imide groups is 1. The Kier molecular flexibility index (Phi) is 2.93. The van der Waals surface area contributed by atoms with Gasteiger partial charge in [0.1, 0.15) is 0 Å². The molecule has 2 rings (SSSR count). The first-order valence-corrected chi connectivity index (χ1v) is 5.44. The van der Waals surface area contributed by atoms with Crippen molar-refractivity contribution >= 4 is 17.6 Å². The molecule has 0 aliphatic carbocycles. The molecule has 1 aromatic carbocycles. The average molecular weight is 283 g/mol. The summed E-state index contributed by atoms with van der Waals surface area (Å²) in [6, 6.07) is 5.83. The van der Waals surface area contributed by atoms with Crippen molar-refractivity contribution in [2.75, 3.05) is 4.90 Å². The summed E-state index contributed by atoms with van der Waals surface area (Å²) in [6.45, 7) is 0.599. The van der Waals surface area contributed by atoms with Gasteiger partial charge >= 0.3 is 12.2 Å². The van der Waals surface area contributed by atoms with Crippen LogP contribution in [0.25, 0.3) is 0 Å². The maximum Gasteiger partial charge on any atom is 0.420 e. The molecular weight excluding hydrogens is 275 g/mol. The summed E-state index contributed by atoms with van der Waals surface area (Å²) in [4.78, 5) is 24.0. The largest absolute Gasteiger partial charge is 0.420 e. The first kappa shape index (κ1) is 13.9. The van der Waals surface area contributed by atoms with Crippen molar-refractivity contribution in [1.29, 1.82) is 5.26 Å². The fourth-order valence-electron chi connectivity index (χ4n) is 1.78. The molecule has 1 aliphatic heterocycles. The number of urea groups is 1. The lowest BCUT2D eigenvalue weighted by atomic mass is 10.0. The monoisotopic (exact) mass is 283 g/mol. The van der Waals surface area contributed by atoms with Gasteiger partial charge in [0.2, 0.25) is 5.54 Å². The molecule has 0 radical (unpaired) electrons. The fraction of sp³-hybridized carbons (Fsp3) is 0.250. The Bertz CT molecular complexity index is 636. The Balaban J connectivity index is 2.47. The average Bonchev–Trinajstić information content (AvgIpc) is 2.60. The zero-order valence-electron chi connectivity index (χ0n) is 10.2. The van der Waals surface area contributed by atoms with Gasteiger partial charge in [-0.3, -0.25) is 4.79 Å². The van der Waals surface area contributed by atoms with Gasteiger partial charge in [0.25, 0.3) is 5.91 Å². The molecule has 0 spiro atoms. The van der Waals surface area contributed by atoms with Crippen molar-refractivity contribution in [3.05, 3.63) is 29.8 Å². The summed E-state index contributed by atoms with van der Waals surface area (Å²) < 4.78 is 38.7. The van der Waals surface area contributed by atoms with Gasteiger partial charge < -0.3 is 5.32 Å². The lowest BCUT2D eigenvalue weighted by molar-refractivity contribution is -0.187. The molecule has 0 bridgehead atoms. The van der Waals surface area contributed by atoms with E-state index in [1.54, 1.807) is 11.4 Å². The van der Waals surface area contributed by atoms with Crippen LogP contribution in [-0.2, 0) is 4.79 Å². The molecule has 1 aromatic rings. The van der Waals surface area contributed by atoms with Crippen LogP contribution in [0.3, 0.4) is 0 Å². The number of nitriles is 1. The van der Waals surface area contributed by atoms with Crippen LogP contribution in [0.1, 0.15) is 12.5 Å². The highest BCUT2D eigenvalue weighted by atomic mass is 19.4. The summed E-state index contributed by atoms with van der Waals surface area (Å²) >= 11 is 0. The second-order valence-corrected chi connectivity index (χ2v) is 4.36. The van der Waals surface area contributed by atoms with Gasteiger partial charge in [-0.25, -0.2) is 9.69 Å². The summed E-state index contributed by atoms with van der Waals surface area (Å²) in [5, 5.41) is 10.4. The lowest BCUT2D eigenvalue weighted by Crippen LogP contribution is -2.56. The van der Waals surface area contributed by atoms with Crippen LogP contribution in [0, 0.1) is 11.3 Å². The molecule has 104 valence electrons. The number of hydrogen-bond acceptors (Lipinski definition) is 3. The van der Waals surface area contributed by atoms with Crippen LogP contribution in [0.4, 0.5) is 23.7 Å². The summed E-state index contributed by atoms with van der Waals surface area (Å²) in [5.41, 5.74) is -2.92. The highest BCUT2D eigenvalue weighted by molar-refractivity contribution is 6.23. The Morgan fingerprint density at radius 3 is 2.50 bits per heavy atom. The Labute approximate surface area is 111 Å². The summed E-state index contributed by atoms with van der Waals surface area (Å²) in [6.07, 6.45) is -4.92. The van der Waals surface area contributed by atoms with E-state index in [9.17, 15) is 22.8 Å². The molecule has 1 aliphatic rings. The van der Waals surface area contributed by atoms with Crippen molar-refractivity contribution in [2.24, 2.45) is 0 Å². The number of carbonyl (C=O) groups excluding carboxylic acids is 2. The van der Waals surface area contributed by atoms with Crippen molar-refractivity contribution in [1.82, 2.24) is 5.32 Å². The number of alkyl halides is 3. The Hall–Kier alpha value is -2.56. The molecule has 1 atom stereocenters. The van der Waals surface area contributed by atoms with Crippen LogP contribution >= 0.6 is 0 Å². The molecule has 20 heavy (non-hydrogen) atoms. The van der Waals surface area contributed by atoms with Crippen LogP contribution in [0.2, 0.25) is 0 Å². The smallest absolute Gasteiger partial charge is 0.315 e. The number of benzene rings is 1. The van der Waals surface area contributed by atoms with E-state index in [0.29, 0.717) is 11.8 Å². The zero-order valence-corrected chi connectivity index (χ0v) is 10.2. The number of carbonyl (C=O) groups is 2. The third-order valence-electron chi connectivity index (χ3n) is 2.99. The number of amides is 3. The molecule has 1 saturated heterocycles. The minimum atomic E-state index is -4.92. The third-order valence-corrected chi connectivity index (χ3v) is 2.99. The topological polar surface area (TPSA) is 73.2 Å². The maximum absolute atomic E-state index is 12.9. The molecule has 1 N–H and O–H groups in total. The summed E-state index contributed by atoms with van der Waals surface area (Å²) in [5.74, 6) is -1.43. The Morgan fingerprint density at radius 2 is 2.00 bits per heavy atom. The van der Waals surface area contributed by atoms with Crippen LogP contribution < -0.4 is 10.2 Å². The molecule has 1 heterocycles. The van der Waals surface area contributed by atoms with Crippen molar-refractivity contribution in [2.45, 2.75) is 18.6 Å². The predicted molar refractivity (Wildman–Crippen MR) is 61.6 cm³/mol. The van der Waals surface area contributed by atoms with E-state index in [-0.39, 0.29) is 11.3 Å². The van der Waals surface area contributed by atoms with Gasteiger partial charge in [-0.15, -0.1) is 0 Å². The van der Waals surface area contributed by atoms with Crippen LogP contribution in [0.5, 0.6) is 0 Å². The molecule has 5 nitrogen and oxygen atoms in total. The molecule has 0 aromatic heterocycles. The number of rotatable bonds is 1. The van der Waals surface area contributed by atoms with Crippen LogP contribution in [-0.4, -0.2) is 23.7 Å². The molecule has 3 amide bonds. The SMILES string of the molecule is CC1(C(F)(F)F)NC(=O)N(c2cccc(C#N)c2)C1=O. The van der Waals surface area contributed by atoms with Gasteiger partial charge in [0.05, 0.1) is 17.3 Å². The highest BCUT2D eigenvalue weighted by Gasteiger charge is 2.64. The van der Waals surface area contributed by atoms with E-state index in [1.807, 2.05) is 0 Å². The quantitative estimate of drug-likeness (QED) is 0.800. The second-order valence-electron chi connectivity index (χ2n) is 4.36. The normalized spacial score (nSPS) is 22.6. The predicted octanol–water partition coefficient (Wildman–Crippen LogP) is 1.94. The van der Waals surface area contributed by atoms with E-state index < -0.39 is 23.7 Å². The van der Waals surface area contributed by atoms with Crippen molar-refractivity contribution < 1.29 is 22.8 Å². The van der Waals surface area contributed by atoms with E-state index >= 15 is 0 Å². The third kappa shape index (κ3) is 1.87. The van der Waals surface area contributed by atoms with Gasteiger partial charge in [-0.2, -0.15) is 18.4 Å². The number of nitrogens with zero attached hydrogens (tertiary/aromatic N) is 2. The zero-order chi connectivity index (χ0) is 15.1. The second kappa shape index (κ2) is 4.23. The van der Waals surface area contributed by atoms with Gasteiger partial charge in [-0.1, -0.05) is 6.07 Å². The maximum atomic E-state index is 12.9. The standard InChI is InChI=1S/C12H8F3N3O2/c1-11(12(13,14)15)9(19)18(10(20)17-11)8-4-2-3-7(5-8)6-16/h2-5H,1H3,(H,17,20). The van der Waals surface area contributed by atoms with Gasteiger partial charge in [0.15, 0.2) is 0 Å². The summed E-state index contributed by atoms with van der Waals surface area (Å²) in [7, 11) is 0. The molecule has 1 unspecified atom stereocenters. The number of nitrogens with one attached hydrogen (secondary N) is 1. The Morgan fingerprint density at radius 1 is 1.35 bits per heavy atom. The van der Waals surface area contributed by atoms with Crippen LogP contribution in [0.15, 0.2) is 24.3 Å². The van der Waals surface area contributed by atoms with Crippen molar-refractivity contribution in [3.63, 3.8) is 0 Å². The molecule has 1 fully saturated rings. The minimum absolute atomic E-state index is 0.0838. The number of anilines is 1. The highest BCUT2D eigenvalue weighted by Crippen LogP contribution is 2.37. The number of halogens is 3. The van der Waals surface area contributed by atoms with Gasteiger partial charge in [0, 0.05) is 0 Å². The molecule has 0 saturated carbocycles. The molecule has 8 heteroatoms. The first-order valence-electron chi connectivity index (χ1n) is 5.44. The molecular formula is C12H8F3N3O2. The minimum Gasteiger partial charge on any atom is -0.315 e. The van der Waals surface area contributed by atoms with Crippen molar-refractivity contribution in [3.8, 4) is 6.07 Å². The number of hydrogen-bond donors (Lipinski definition) is 1. The van der Waals surface area contributed by atoms with E-state index in [0.717, 1.165) is 0 Å². The van der Waals surface area contributed by atoms with Gasteiger partial charge in [-0.05, 0) is 25.1 Å². The lowest BCUT2D eigenvalue weighted by Gasteiger charge is -2.24. The first-order chi connectivity index (χ1) is 9.20. The van der Waals surface area contributed by atoms with E-state index in [1.165, 1.54) is 24.3 Å². The fourth-order valence-corrected chi connectivity index (χ4v) is 1.78. The van der Waals surface area contributed by atoms with E-state index in [2.05, 4.69) is 0 Å².